The van der Waals surface area contributed by atoms with E-state index < -0.39 is 0 Å². The zero-order valence-corrected chi connectivity index (χ0v) is 10.9. The van der Waals surface area contributed by atoms with Crippen molar-refractivity contribution in [1.82, 2.24) is 9.47 Å². The number of aromatic nitrogens is 1. The average Bonchev–Trinajstić information content (AvgIpc) is 2.42. The molecule has 0 saturated carbocycles. The molecule has 4 heteroatoms. The van der Waals surface area contributed by atoms with Crippen LogP contribution in [0, 0.1) is 5.92 Å². The highest BCUT2D eigenvalue weighted by Crippen LogP contribution is 2.35. The molecule has 1 amide bonds. The van der Waals surface area contributed by atoms with E-state index in [-0.39, 0.29) is 17.4 Å². The van der Waals surface area contributed by atoms with Crippen LogP contribution < -0.4 is 5.56 Å². The molecule has 2 atom stereocenters. The number of amides is 1. The van der Waals surface area contributed by atoms with Crippen LogP contribution in [0.3, 0.4) is 0 Å². The number of carbonyl (C=O) groups is 1. The largest absolute Gasteiger partial charge is 0.341 e. The van der Waals surface area contributed by atoms with Gasteiger partial charge in [0.1, 0.15) is 0 Å². The third-order valence-corrected chi connectivity index (χ3v) is 4.18. The summed E-state index contributed by atoms with van der Waals surface area (Å²) in [7, 11) is 0. The van der Waals surface area contributed by atoms with Crippen molar-refractivity contribution in [2.75, 3.05) is 13.1 Å². The van der Waals surface area contributed by atoms with Crippen molar-refractivity contribution < 1.29 is 4.79 Å². The quantitative estimate of drug-likeness (QED) is 0.768. The van der Waals surface area contributed by atoms with Gasteiger partial charge in [-0.2, -0.15) is 0 Å². The van der Waals surface area contributed by atoms with Crippen molar-refractivity contribution in [3.8, 4) is 0 Å². The van der Waals surface area contributed by atoms with Gasteiger partial charge in [-0.05, 0) is 18.9 Å². The Morgan fingerprint density at radius 1 is 1.26 bits per heavy atom. The summed E-state index contributed by atoms with van der Waals surface area (Å²) in [5.74, 6) is 0.464. The standard InChI is InChI=1S/C15H18N2O2/c1-2-3-7-16-9-11-8-12(15(16)19)10-17-13(11)5-4-6-14(17)18/h2,4-6,11-12H,1,3,7-10H2/t11-,12-/m0/s1. The molecule has 3 rings (SSSR count). The first-order valence-electron chi connectivity index (χ1n) is 6.80. The molecule has 100 valence electrons. The molecule has 4 nitrogen and oxygen atoms in total. The van der Waals surface area contributed by atoms with E-state index in [1.54, 1.807) is 10.6 Å². The molecule has 0 N–H and O–H groups in total. The Morgan fingerprint density at radius 3 is 2.89 bits per heavy atom. The summed E-state index contributed by atoms with van der Waals surface area (Å²) < 4.78 is 1.78. The molecular weight excluding hydrogens is 240 g/mol. The minimum absolute atomic E-state index is 0.0135. The number of fused-ring (bicyclic) bond motifs is 4. The third kappa shape index (κ3) is 2.01. The zero-order valence-electron chi connectivity index (χ0n) is 10.9. The van der Waals surface area contributed by atoms with E-state index in [2.05, 4.69) is 6.58 Å². The Labute approximate surface area is 112 Å². The van der Waals surface area contributed by atoms with E-state index in [1.807, 2.05) is 23.1 Å². The molecule has 1 aromatic heterocycles. The first kappa shape index (κ1) is 12.2. The molecule has 0 unspecified atom stereocenters. The van der Waals surface area contributed by atoms with Crippen LogP contribution in [0.4, 0.5) is 0 Å². The maximum Gasteiger partial charge on any atom is 0.250 e. The zero-order chi connectivity index (χ0) is 13.4. The first-order valence-corrected chi connectivity index (χ1v) is 6.80. The fraction of sp³-hybridized carbons (Fsp3) is 0.467. The van der Waals surface area contributed by atoms with Crippen LogP contribution in [0.25, 0.3) is 0 Å². The van der Waals surface area contributed by atoms with Gasteiger partial charge in [0.15, 0.2) is 0 Å². The van der Waals surface area contributed by atoms with Gasteiger partial charge in [0.2, 0.25) is 5.91 Å². The van der Waals surface area contributed by atoms with Crippen LogP contribution in [-0.2, 0) is 11.3 Å². The van der Waals surface area contributed by atoms with Crippen molar-refractivity contribution >= 4 is 5.91 Å². The van der Waals surface area contributed by atoms with Crippen LogP contribution in [0.2, 0.25) is 0 Å². The predicted octanol–water partition coefficient (Wildman–Crippen LogP) is 1.37. The summed E-state index contributed by atoms with van der Waals surface area (Å²) in [5, 5.41) is 0. The van der Waals surface area contributed by atoms with E-state index in [9.17, 15) is 9.59 Å². The number of nitrogens with zero attached hydrogens (tertiary/aromatic N) is 2. The molecule has 1 aromatic rings. The number of likely N-dealkylation sites (tertiary alicyclic amines) is 1. The van der Waals surface area contributed by atoms with E-state index in [0.29, 0.717) is 12.5 Å². The molecule has 2 aliphatic rings. The van der Waals surface area contributed by atoms with Gasteiger partial charge in [-0.3, -0.25) is 9.59 Å². The second-order valence-electron chi connectivity index (χ2n) is 5.39. The van der Waals surface area contributed by atoms with Gasteiger partial charge in [-0.15, -0.1) is 6.58 Å². The van der Waals surface area contributed by atoms with E-state index in [0.717, 1.165) is 31.6 Å². The number of rotatable bonds is 3. The molecule has 2 aliphatic heterocycles. The van der Waals surface area contributed by atoms with Crippen molar-refractivity contribution in [3.05, 3.63) is 46.9 Å². The number of pyridine rings is 1. The minimum Gasteiger partial charge on any atom is -0.341 e. The van der Waals surface area contributed by atoms with Gasteiger partial charge in [0.25, 0.3) is 5.56 Å². The van der Waals surface area contributed by atoms with E-state index in [4.69, 9.17) is 0 Å². The maximum absolute atomic E-state index is 12.3. The lowest BCUT2D eigenvalue weighted by molar-refractivity contribution is -0.140. The van der Waals surface area contributed by atoms with Crippen molar-refractivity contribution in [1.29, 1.82) is 0 Å². The normalized spacial score (nSPS) is 25.1. The van der Waals surface area contributed by atoms with Crippen LogP contribution >= 0.6 is 0 Å². The Hall–Kier alpha value is -1.84. The molecule has 0 aromatic carbocycles. The molecule has 2 bridgehead atoms. The summed E-state index contributed by atoms with van der Waals surface area (Å²) in [6, 6.07) is 5.41. The molecule has 0 aliphatic carbocycles. The Balaban J connectivity index is 1.93. The van der Waals surface area contributed by atoms with Crippen molar-refractivity contribution in [2.24, 2.45) is 5.92 Å². The fourth-order valence-corrected chi connectivity index (χ4v) is 3.26. The summed E-state index contributed by atoms with van der Waals surface area (Å²) in [4.78, 5) is 26.2. The van der Waals surface area contributed by atoms with Gasteiger partial charge in [-0.25, -0.2) is 0 Å². The van der Waals surface area contributed by atoms with Gasteiger partial charge in [0, 0.05) is 37.3 Å². The molecular formula is C15H18N2O2. The molecule has 3 heterocycles. The number of piperidine rings is 1. The second-order valence-corrected chi connectivity index (χ2v) is 5.39. The van der Waals surface area contributed by atoms with Gasteiger partial charge < -0.3 is 9.47 Å². The summed E-state index contributed by atoms with van der Waals surface area (Å²) in [5.41, 5.74) is 1.10. The highest BCUT2D eigenvalue weighted by Gasteiger charge is 2.39. The van der Waals surface area contributed by atoms with Crippen LogP contribution in [0.5, 0.6) is 0 Å². The molecule has 1 fully saturated rings. The highest BCUT2D eigenvalue weighted by atomic mass is 16.2. The van der Waals surface area contributed by atoms with Gasteiger partial charge in [-0.1, -0.05) is 12.1 Å². The van der Waals surface area contributed by atoms with Crippen molar-refractivity contribution in [2.45, 2.75) is 25.3 Å². The predicted molar refractivity (Wildman–Crippen MR) is 72.9 cm³/mol. The number of hydrogen-bond donors (Lipinski definition) is 0. The monoisotopic (exact) mass is 258 g/mol. The Morgan fingerprint density at radius 2 is 2.11 bits per heavy atom. The van der Waals surface area contributed by atoms with E-state index in [1.165, 1.54) is 0 Å². The minimum atomic E-state index is -0.0313. The summed E-state index contributed by atoms with van der Waals surface area (Å²) >= 11 is 0. The third-order valence-electron chi connectivity index (χ3n) is 4.18. The van der Waals surface area contributed by atoms with Gasteiger partial charge in [0.05, 0.1) is 5.92 Å². The first-order chi connectivity index (χ1) is 9.20. The van der Waals surface area contributed by atoms with Crippen LogP contribution in [-0.4, -0.2) is 28.5 Å². The molecule has 0 radical (unpaired) electrons. The lowest BCUT2D eigenvalue weighted by Crippen LogP contribution is -2.50. The highest BCUT2D eigenvalue weighted by molar-refractivity contribution is 5.80. The lowest BCUT2D eigenvalue weighted by Gasteiger charge is -2.42. The number of hydrogen-bond acceptors (Lipinski definition) is 2. The fourth-order valence-electron chi connectivity index (χ4n) is 3.26. The second kappa shape index (κ2) is 4.68. The smallest absolute Gasteiger partial charge is 0.250 e. The average molecular weight is 258 g/mol. The Bertz CT molecular complexity index is 576. The van der Waals surface area contributed by atoms with Crippen molar-refractivity contribution in [3.63, 3.8) is 0 Å². The van der Waals surface area contributed by atoms with Crippen LogP contribution in [0.1, 0.15) is 24.5 Å². The van der Waals surface area contributed by atoms with Crippen LogP contribution in [0.15, 0.2) is 35.6 Å². The maximum atomic E-state index is 12.3. The molecule has 1 saturated heterocycles. The SMILES string of the molecule is C=CCCN1C[C@@H]2C[C@@H](Cn3c2cccc3=O)C1=O. The molecule has 0 spiro atoms. The molecule has 19 heavy (non-hydrogen) atoms. The topological polar surface area (TPSA) is 42.3 Å². The Kier molecular flexibility index (Phi) is 3.01. The lowest BCUT2D eigenvalue weighted by atomic mass is 9.82. The van der Waals surface area contributed by atoms with Gasteiger partial charge >= 0.3 is 0 Å². The summed E-state index contributed by atoms with van der Waals surface area (Å²) in [6.45, 7) is 5.71. The summed E-state index contributed by atoms with van der Waals surface area (Å²) in [6.07, 6.45) is 3.55. The van der Waals surface area contributed by atoms with E-state index >= 15 is 0 Å². The number of carbonyl (C=O) groups excluding carboxylic acids is 1.